The molecule has 6 atom stereocenters. The molecule has 1 aliphatic heterocycles. The van der Waals surface area contributed by atoms with Crippen molar-refractivity contribution in [2.24, 2.45) is 0 Å². The molecule has 21 heteroatoms. The Bertz CT molecular complexity index is 1060. The molecule has 342 valence electrons. The van der Waals surface area contributed by atoms with Gasteiger partial charge in [-0.2, -0.15) is 0 Å². The number of hydrogen-bond donors (Lipinski definition) is 12. The van der Waals surface area contributed by atoms with Crippen LogP contribution in [-0.4, -0.2) is 150 Å². The zero-order valence-electron chi connectivity index (χ0n) is 27.9. The van der Waals surface area contributed by atoms with E-state index in [1.54, 1.807) is 0 Å². The highest BCUT2D eigenvalue weighted by Crippen LogP contribution is 1.97. The highest BCUT2D eigenvalue weighted by molar-refractivity contribution is 5.98. The second-order valence-electron chi connectivity index (χ2n) is 10.9. The average molecular weight is 829 g/mol. The molecule has 1 rings (SSSR count). The lowest BCUT2D eigenvalue weighted by molar-refractivity contribution is -0.136. The van der Waals surface area contributed by atoms with Crippen LogP contribution in [0.1, 0.15) is 87.6 Å². The van der Waals surface area contributed by atoms with E-state index in [-0.39, 0.29) is 86.5 Å². The standard InChI is InChI=1S/C27H48N12O9.9CH4/c1-13-22(43)37-17(8-32-20(41)11-29-5)26(47)35-15(3)24(45)39-18(9-33-21(42)12-30-6)27(48)36-14(2)23(44)38-16(25(46)34-13)7-31-19(40)10-28-4;;;;;;;;;/h13-18,28-30H,7-12H2,1-6H3,(H,31,40)(H,32,41)(H,33,42)(H,34,46)(H,35,47)(H,36,48)(H,37,43)(H,38,44)(H,39,45);9*1H4/t13-,14-,15-,16+,17+,18+;;;;;;;;;/m1........./s1. The predicted molar refractivity (Wildman–Crippen MR) is 230 cm³/mol. The molecule has 0 aromatic heterocycles. The lowest BCUT2D eigenvalue weighted by Crippen LogP contribution is -2.63. The van der Waals surface area contributed by atoms with E-state index in [1.165, 1.54) is 41.9 Å². The Kier molecular flexibility index (Phi) is 48.8. The van der Waals surface area contributed by atoms with Crippen LogP contribution in [0.5, 0.6) is 0 Å². The van der Waals surface area contributed by atoms with Gasteiger partial charge in [-0.05, 0) is 41.9 Å². The molecule has 0 saturated carbocycles. The molecule has 0 aliphatic carbocycles. The van der Waals surface area contributed by atoms with Crippen molar-refractivity contribution < 1.29 is 43.2 Å². The molecular formula is C36H84N12O9. The zero-order chi connectivity index (χ0) is 36.4. The molecule has 0 unspecified atom stereocenters. The van der Waals surface area contributed by atoms with Crippen molar-refractivity contribution in [2.75, 3.05) is 60.4 Å². The maximum atomic E-state index is 13.2. The van der Waals surface area contributed by atoms with E-state index in [1.807, 2.05) is 0 Å². The summed E-state index contributed by atoms with van der Waals surface area (Å²) in [7, 11) is 4.58. The van der Waals surface area contributed by atoms with E-state index in [0.29, 0.717) is 0 Å². The summed E-state index contributed by atoms with van der Waals surface area (Å²) in [6, 6.07) is -8.15. The summed E-state index contributed by atoms with van der Waals surface area (Å²) in [5.74, 6) is -6.74. The van der Waals surface area contributed by atoms with Gasteiger partial charge >= 0.3 is 0 Å². The fourth-order valence-electron chi connectivity index (χ4n) is 3.97. The average Bonchev–Trinajstić information content (AvgIpc) is 3.02. The molecule has 1 fully saturated rings. The van der Waals surface area contributed by atoms with Crippen LogP contribution in [0, 0.1) is 0 Å². The predicted octanol–water partition coefficient (Wildman–Crippen LogP) is -2.30. The van der Waals surface area contributed by atoms with E-state index in [9.17, 15) is 43.2 Å². The van der Waals surface area contributed by atoms with E-state index in [2.05, 4.69) is 63.8 Å². The van der Waals surface area contributed by atoms with Crippen LogP contribution >= 0.6 is 0 Å². The molecule has 1 saturated heterocycles. The first-order chi connectivity index (χ1) is 22.6. The summed E-state index contributed by atoms with van der Waals surface area (Å²) >= 11 is 0. The normalized spacial score (nSPS) is 20.7. The molecule has 0 spiro atoms. The number of carbonyl (C=O) groups is 9. The molecule has 12 N–H and O–H groups in total. The van der Waals surface area contributed by atoms with E-state index >= 15 is 0 Å². The van der Waals surface area contributed by atoms with Crippen LogP contribution in [0.15, 0.2) is 0 Å². The number of hydrogen-bond acceptors (Lipinski definition) is 12. The minimum atomic E-state index is -1.43. The van der Waals surface area contributed by atoms with Crippen LogP contribution in [0.25, 0.3) is 0 Å². The second kappa shape index (κ2) is 38.0. The van der Waals surface area contributed by atoms with Crippen molar-refractivity contribution in [3.05, 3.63) is 0 Å². The third-order valence-corrected chi connectivity index (χ3v) is 6.68. The molecule has 1 heterocycles. The largest absolute Gasteiger partial charge is 0.352 e. The zero-order valence-corrected chi connectivity index (χ0v) is 27.9. The fourth-order valence-corrected chi connectivity index (χ4v) is 3.97. The Labute approximate surface area is 344 Å². The van der Waals surface area contributed by atoms with Crippen molar-refractivity contribution in [2.45, 2.75) is 124 Å². The number of carbonyl (C=O) groups excluding carboxylic acids is 9. The molecule has 0 radical (unpaired) electrons. The van der Waals surface area contributed by atoms with Crippen molar-refractivity contribution in [1.82, 2.24) is 63.8 Å². The van der Waals surface area contributed by atoms with Gasteiger partial charge in [-0.25, -0.2) is 0 Å². The van der Waals surface area contributed by atoms with E-state index in [4.69, 9.17) is 0 Å². The van der Waals surface area contributed by atoms with E-state index in [0.717, 1.165) is 0 Å². The highest BCUT2D eigenvalue weighted by Gasteiger charge is 2.32. The van der Waals surface area contributed by atoms with Crippen LogP contribution < -0.4 is 63.8 Å². The molecule has 1 aliphatic rings. The van der Waals surface area contributed by atoms with Crippen molar-refractivity contribution >= 4 is 53.2 Å². The molecule has 9 amide bonds. The number of likely N-dealkylation sites (N-methyl/N-ethyl adjacent to an activating group) is 3. The van der Waals surface area contributed by atoms with Gasteiger partial charge in [0.2, 0.25) is 53.2 Å². The van der Waals surface area contributed by atoms with E-state index < -0.39 is 109 Å². The Balaban J connectivity index is -0.000000366. The van der Waals surface area contributed by atoms with Gasteiger partial charge in [0.1, 0.15) is 36.3 Å². The molecule has 0 aromatic carbocycles. The third kappa shape index (κ3) is 27.4. The van der Waals surface area contributed by atoms with Crippen molar-refractivity contribution in [3.8, 4) is 0 Å². The SMILES string of the molecule is C.C.C.C.C.C.C.C.C.CNCC(=O)NC[C@@H]1NC(=O)[C@@H](C)NC(=O)[C@H](CNC(=O)CNC)NC(=O)[C@@H](C)NC(=O)[C@H](CNC(=O)CNC)NC(=O)[C@@H](C)NC1=O. The first-order valence-corrected chi connectivity index (χ1v) is 15.2. The van der Waals surface area contributed by atoms with Crippen molar-refractivity contribution in [1.29, 1.82) is 0 Å². The quantitative estimate of drug-likeness (QED) is 0.0990. The third-order valence-electron chi connectivity index (χ3n) is 6.68. The lowest BCUT2D eigenvalue weighted by Gasteiger charge is -2.27. The first-order valence-electron chi connectivity index (χ1n) is 15.2. The molecule has 57 heavy (non-hydrogen) atoms. The topological polar surface area (TPSA) is 298 Å². The Hall–Kier alpha value is -4.89. The van der Waals surface area contributed by atoms with Gasteiger partial charge in [0, 0.05) is 19.6 Å². The number of rotatable bonds is 12. The van der Waals surface area contributed by atoms with Gasteiger partial charge in [-0.15, -0.1) is 0 Å². The van der Waals surface area contributed by atoms with Gasteiger partial charge in [0.05, 0.1) is 19.6 Å². The van der Waals surface area contributed by atoms with Gasteiger partial charge < -0.3 is 63.8 Å². The van der Waals surface area contributed by atoms with Crippen LogP contribution in [-0.2, 0) is 43.2 Å². The van der Waals surface area contributed by atoms with Gasteiger partial charge in [0.15, 0.2) is 0 Å². The van der Waals surface area contributed by atoms with Gasteiger partial charge in [-0.3, -0.25) is 43.2 Å². The summed E-state index contributed by atoms with van der Waals surface area (Å²) < 4.78 is 0. The smallest absolute Gasteiger partial charge is 0.245 e. The fraction of sp³-hybridized carbons (Fsp3) is 0.750. The van der Waals surface area contributed by atoms with Crippen LogP contribution in [0.4, 0.5) is 0 Å². The molecule has 0 aromatic rings. The maximum Gasteiger partial charge on any atom is 0.245 e. The molecule has 21 nitrogen and oxygen atoms in total. The van der Waals surface area contributed by atoms with Gasteiger partial charge in [-0.1, -0.05) is 66.8 Å². The molecule has 0 bridgehead atoms. The minimum Gasteiger partial charge on any atom is -0.352 e. The van der Waals surface area contributed by atoms with Crippen LogP contribution in [0.2, 0.25) is 0 Å². The van der Waals surface area contributed by atoms with Crippen LogP contribution in [0.3, 0.4) is 0 Å². The van der Waals surface area contributed by atoms with Crippen molar-refractivity contribution in [3.63, 3.8) is 0 Å². The number of amides is 9. The Morgan fingerprint density at radius 2 is 0.579 bits per heavy atom. The Morgan fingerprint density at radius 1 is 0.386 bits per heavy atom. The second-order valence-corrected chi connectivity index (χ2v) is 10.9. The summed E-state index contributed by atoms with van der Waals surface area (Å²) in [5, 5.41) is 29.8. The lowest BCUT2D eigenvalue weighted by atomic mass is 10.1. The summed E-state index contributed by atoms with van der Waals surface area (Å²) in [6.07, 6.45) is 0. The summed E-state index contributed by atoms with van der Waals surface area (Å²) in [6.45, 7) is 2.40. The summed E-state index contributed by atoms with van der Waals surface area (Å²) in [5.41, 5.74) is 0. The van der Waals surface area contributed by atoms with Gasteiger partial charge in [0.25, 0.3) is 0 Å². The first kappa shape index (κ1) is 73.2. The monoisotopic (exact) mass is 829 g/mol. The minimum absolute atomic E-state index is 0. The highest BCUT2D eigenvalue weighted by atomic mass is 16.2. The summed E-state index contributed by atoms with van der Waals surface area (Å²) in [4.78, 5) is 115. The number of nitrogens with one attached hydrogen (secondary N) is 12. The molecular weight excluding hydrogens is 744 g/mol. The Morgan fingerprint density at radius 3 is 0.754 bits per heavy atom. The maximum absolute atomic E-state index is 13.2.